The van der Waals surface area contributed by atoms with E-state index in [0.717, 1.165) is 0 Å². The van der Waals surface area contributed by atoms with Gasteiger partial charge in [-0.15, -0.1) is 0 Å². The van der Waals surface area contributed by atoms with Crippen LogP contribution in [-0.4, -0.2) is 64.6 Å². The van der Waals surface area contributed by atoms with E-state index in [-0.39, 0.29) is 23.5 Å². The molecule has 2 aliphatic heterocycles. The molecule has 3 heterocycles. The Labute approximate surface area is 150 Å². The first-order chi connectivity index (χ1) is 11.1. The summed E-state index contributed by atoms with van der Waals surface area (Å²) in [5.74, 6) is -0.0341. The Kier molecular flexibility index (Phi) is 4.21. The van der Waals surface area contributed by atoms with Crippen molar-refractivity contribution in [3.05, 3.63) is 22.1 Å². The molecule has 0 saturated carbocycles. The lowest BCUT2D eigenvalue weighted by Crippen LogP contribution is -2.26. The number of aromatic nitrogens is 2. The van der Waals surface area contributed by atoms with Gasteiger partial charge in [0.1, 0.15) is 10.9 Å². The number of aryl methyl sites for hydroxylation is 1. The second-order valence-corrected chi connectivity index (χ2v) is 8.98. The van der Waals surface area contributed by atoms with Crippen LogP contribution in [0, 0.1) is 6.92 Å². The van der Waals surface area contributed by atoms with Crippen molar-refractivity contribution in [3.63, 3.8) is 0 Å². The third-order valence-electron chi connectivity index (χ3n) is 4.37. The number of hydrogen-bond acceptors (Lipinski definition) is 5. The summed E-state index contributed by atoms with van der Waals surface area (Å²) in [6.45, 7) is 1.78. The van der Waals surface area contributed by atoms with Crippen molar-refractivity contribution >= 4 is 50.8 Å². The number of sulfone groups is 1. The van der Waals surface area contributed by atoms with E-state index >= 15 is 0 Å². The maximum absolute atomic E-state index is 12.3. The molecule has 3 rings (SSSR count). The summed E-state index contributed by atoms with van der Waals surface area (Å²) in [7, 11) is 0.290. The van der Waals surface area contributed by atoms with Crippen LogP contribution in [0.5, 0.6) is 0 Å². The van der Waals surface area contributed by atoms with Gasteiger partial charge < -0.3 is 4.90 Å². The van der Waals surface area contributed by atoms with E-state index in [1.165, 1.54) is 4.90 Å². The van der Waals surface area contributed by atoms with E-state index in [2.05, 4.69) is 5.10 Å². The van der Waals surface area contributed by atoms with Crippen LogP contribution in [0.1, 0.15) is 23.7 Å². The maximum atomic E-state index is 12.3. The third kappa shape index (κ3) is 2.74. The summed E-state index contributed by atoms with van der Waals surface area (Å²) in [6, 6.07) is -0.269. The Bertz CT molecular complexity index is 875. The smallest absolute Gasteiger partial charge is 0.276 e. The number of nitrogens with zero attached hydrogens (tertiary/aromatic N) is 4. The summed E-state index contributed by atoms with van der Waals surface area (Å²) < 4.78 is 24.9. The molecule has 2 fully saturated rings. The fourth-order valence-electron chi connectivity index (χ4n) is 2.93. The number of carbonyl (C=O) groups is 1. The molecule has 7 nitrogen and oxygen atoms in total. The number of amides is 1. The van der Waals surface area contributed by atoms with Crippen LogP contribution in [0.15, 0.2) is 5.70 Å². The highest BCUT2D eigenvalue weighted by Crippen LogP contribution is 2.32. The molecule has 1 atom stereocenters. The highest BCUT2D eigenvalue weighted by Gasteiger charge is 2.35. The average molecular weight is 389 g/mol. The van der Waals surface area contributed by atoms with Crippen LogP contribution in [0.2, 0.25) is 5.15 Å². The third-order valence-corrected chi connectivity index (χ3v) is 7.04. The Morgan fingerprint density at radius 2 is 2.00 bits per heavy atom. The topological polar surface area (TPSA) is 75.5 Å². The van der Waals surface area contributed by atoms with E-state index in [1.54, 1.807) is 36.7 Å². The van der Waals surface area contributed by atoms with Crippen molar-refractivity contribution in [2.24, 2.45) is 0 Å². The predicted molar refractivity (Wildman–Crippen MR) is 95.4 cm³/mol. The van der Waals surface area contributed by atoms with Crippen molar-refractivity contribution in [1.29, 1.82) is 0 Å². The Hall–Kier alpha value is -1.45. The molecule has 130 valence electrons. The highest BCUT2D eigenvalue weighted by molar-refractivity contribution is 7.91. The first-order valence-electron chi connectivity index (χ1n) is 7.35. The molecule has 24 heavy (non-hydrogen) atoms. The molecule has 2 aliphatic rings. The van der Waals surface area contributed by atoms with Gasteiger partial charge in [0, 0.05) is 19.7 Å². The molecule has 0 bridgehead atoms. The number of halogens is 1. The SMILES string of the molecule is Cc1nn(C2CCS(=O)(=O)C2)c(Cl)c1/C=C1\C(=O)N(C)C(=S)N1C. The molecule has 0 aliphatic carbocycles. The second-order valence-electron chi connectivity index (χ2n) is 6.03. The largest absolute Gasteiger partial charge is 0.317 e. The fourth-order valence-corrected chi connectivity index (χ4v) is 5.17. The van der Waals surface area contributed by atoms with Crippen LogP contribution >= 0.6 is 23.8 Å². The molecule has 1 unspecified atom stereocenters. The predicted octanol–water partition coefficient (Wildman–Crippen LogP) is 1.23. The van der Waals surface area contributed by atoms with Gasteiger partial charge in [-0.3, -0.25) is 9.69 Å². The van der Waals surface area contributed by atoms with Crippen molar-refractivity contribution < 1.29 is 13.2 Å². The maximum Gasteiger partial charge on any atom is 0.276 e. The zero-order valence-corrected chi connectivity index (χ0v) is 15.9. The summed E-state index contributed by atoms with van der Waals surface area (Å²) in [6.07, 6.45) is 2.15. The van der Waals surface area contributed by atoms with Gasteiger partial charge in [0.2, 0.25) is 0 Å². The Morgan fingerprint density at radius 1 is 1.33 bits per heavy atom. The summed E-state index contributed by atoms with van der Waals surface area (Å²) in [5.41, 5.74) is 1.65. The van der Waals surface area contributed by atoms with Crippen molar-refractivity contribution in [1.82, 2.24) is 19.6 Å². The van der Waals surface area contributed by atoms with Gasteiger partial charge in [-0.1, -0.05) is 11.6 Å². The average Bonchev–Trinajstić information content (AvgIpc) is 3.07. The standard InChI is InChI=1S/C14H17ClN4O3S2/c1-8-10(6-11-13(20)18(3)14(23)17(11)2)12(15)19(16-8)9-4-5-24(21,22)7-9/h6,9H,4-5,7H2,1-3H3/b11-6+. The van der Waals surface area contributed by atoms with Gasteiger partial charge in [-0.25, -0.2) is 13.1 Å². The molecule has 1 aromatic heterocycles. The molecule has 0 spiro atoms. The van der Waals surface area contributed by atoms with Gasteiger partial charge in [-0.2, -0.15) is 5.10 Å². The van der Waals surface area contributed by atoms with Gasteiger partial charge in [0.15, 0.2) is 14.9 Å². The number of thiocarbonyl (C=S) groups is 1. The normalized spacial score (nSPS) is 25.3. The first kappa shape index (κ1) is 17.4. The minimum Gasteiger partial charge on any atom is -0.317 e. The molecular formula is C14H17ClN4O3S2. The molecule has 1 amide bonds. The summed E-state index contributed by atoms with van der Waals surface area (Å²) in [5, 5.41) is 5.14. The number of likely N-dealkylation sites (N-methyl/N-ethyl adjacent to an activating group) is 2. The molecule has 1 aromatic rings. The van der Waals surface area contributed by atoms with E-state index in [1.807, 2.05) is 0 Å². The minimum absolute atomic E-state index is 0.0372. The van der Waals surface area contributed by atoms with Crippen LogP contribution in [0.4, 0.5) is 0 Å². The fraction of sp³-hybridized carbons (Fsp3) is 0.500. The zero-order chi connectivity index (χ0) is 17.8. The van der Waals surface area contributed by atoms with Gasteiger partial charge in [-0.05, 0) is 31.6 Å². The van der Waals surface area contributed by atoms with Gasteiger partial charge >= 0.3 is 0 Å². The minimum atomic E-state index is -3.04. The monoisotopic (exact) mass is 388 g/mol. The first-order valence-corrected chi connectivity index (χ1v) is 9.95. The molecular weight excluding hydrogens is 372 g/mol. The van der Waals surface area contributed by atoms with E-state index in [0.29, 0.717) is 33.6 Å². The Morgan fingerprint density at radius 3 is 2.50 bits per heavy atom. The van der Waals surface area contributed by atoms with E-state index < -0.39 is 9.84 Å². The van der Waals surface area contributed by atoms with Crippen molar-refractivity contribution in [3.8, 4) is 0 Å². The molecule has 0 N–H and O–H groups in total. The molecule has 2 saturated heterocycles. The zero-order valence-electron chi connectivity index (χ0n) is 13.5. The number of rotatable bonds is 2. The van der Waals surface area contributed by atoms with Crippen molar-refractivity contribution in [2.75, 3.05) is 25.6 Å². The van der Waals surface area contributed by atoms with Crippen molar-refractivity contribution in [2.45, 2.75) is 19.4 Å². The quantitative estimate of drug-likeness (QED) is 0.560. The Balaban J connectivity index is 2.01. The summed E-state index contributed by atoms with van der Waals surface area (Å²) in [4.78, 5) is 15.3. The second kappa shape index (κ2) is 5.82. The van der Waals surface area contributed by atoms with Crippen LogP contribution in [-0.2, 0) is 14.6 Å². The number of hydrogen-bond donors (Lipinski definition) is 0. The molecule has 10 heteroatoms. The molecule has 0 aromatic carbocycles. The van der Waals surface area contributed by atoms with Gasteiger partial charge in [0.25, 0.3) is 5.91 Å². The van der Waals surface area contributed by atoms with E-state index in [4.69, 9.17) is 23.8 Å². The summed E-state index contributed by atoms with van der Waals surface area (Å²) >= 11 is 11.6. The van der Waals surface area contributed by atoms with Gasteiger partial charge in [0.05, 0.1) is 23.2 Å². The van der Waals surface area contributed by atoms with Crippen LogP contribution in [0.3, 0.4) is 0 Å². The lowest BCUT2D eigenvalue weighted by atomic mass is 10.2. The van der Waals surface area contributed by atoms with E-state index in [9.17, 15) is 13.2 Å². The lowest BCUT2D eigenvalue weighted by Gasteiger charge is -2.11. The number of carbonyl (C=O) groups excluding carboxylic acids is 1. The molecule has 0 radical (unpaired) electrons. The lowest BCUT2D eigenvalue weighted by molar-refractivity contribution is -0.121. The van der Waals surface area contributed by atoms with Crippen LogP contribution < -0.4 is 0 Å². The highest BCUT2D eigenvalue weighted by atomic mass is 35.5. The van der Waals surface area contributed by atoms with Crippen LogP contribution in [0.25, 0.3) is 6.08 Å².